The van der Waals surface area contributed by atoms with E-state index in [1.54, 1.807) is 12.1 Å². The molecular formula is C27H36F3NO2. The van der Waals surface area contributed by atoms with E-state index in [1.807, 2.05) is 30.5 Å². The van der Waals surface area contributed by atoms with Gasteiger partial charge in [-0.15, -0.1) is 13.2 Å². The summed E-state index contributed by atoms with van der Waals surface area (Å²) in [6.07, 6.45) is 10.4. The second kappa shape index (κ2) is 15.4. The largest absolute Gasteiger partial charge is 0.573 e. The topological polar surface area (TPSA) is 30.8 Å². The highest BCUT2D eigenvalue weighted by atomic mass is 19.4. The molecule has 0 aliphatic rings. The fourth-order valence-electron chi connectivity index (χ4n) is 3.46. The summed E-state index contributed by atoms with van der Waals surface area (Å²) in [6, 6.07) is 13.3. The van der Waals surface area contributed by atoms with Gasteiger partial charge in [0.2, 0.25) is 0 Å². The summed E-state index contributed by atoms with van der Waals surface area (Å²) in [5.41, 5.74) is 1.77. The van der Waals surface area contributed by atoms with Crippen molar-refractivity contribution in [3.8, 4) is 11.5 Å². The Morgan fingerprint density at radius 1 is 0.727 bits per heavy atom. The van der Waals surface area contributed by atoms with Crippen LogP contribution in [0.1, 0.15) is 82.3 Å². The first kappa shape index (κ1) is 26.7. The number of nitrogens with zero attached hydrogens (tertiary/aromatic N) is 1. The molecular weight excluding hydrogens is 427 g/mol. The van der Waals surface area contributed by atoms with Crippen LogP contribution >= 0.6 is 0 Å². The number of alkyl halides is 3. The third-order valence-corrected chi connectivity index (χ3v) is 5.32. The number of ether oxygens (including phenoxy) is 2. The Morgan fingerprint density at radius 2 is 1.27 bits per heavy atom. The van der Waals surface area contributed by atoms with E-state index in [0.717, 1.165) is 24.1 Å². The highest BCUT2D eigenvalue weighted by molar-refractivity contribution is 5.79. The fourth-order valence-corrected chi connectivity index (χ4v) is 3.46. The van der Waals surface area contributed by atoms with E-state index in [9.17, 15) is 13.2 Å². The zero-order chi connectivity index (χ0) is 23.8. The first-order valence-electron chi connectivity index (χ1n) is 12.0. The number of benzene rings is 2. The highest BCUT2D eigenvalue weighted by Crippen LogP contribution is 2.23. The SMILES string of the molecule is CCCCCCCCCCCCN=Cc1ccc(OCc2ccc(OC(F)(F)F)cc2)cc1. The van der Waals surface area contributed by atoms with Crippen molar-refractivity contribution in [1.29, 1.82) is 0 Å². The molecule has 0 fully saturated rings. The zero-order valence-electron chi connectivity index (χ0n) is 19.6. The smallest absolute Gasteiger partial charge is 0.489 e. The van der Waals surface area contributed by atoms with Gasteiger partial charge in [0.15, 0.2) is 0 Å². The standard InChI is InChI=1S/C27H36F3NO2/c1-2-3-4-5-6-7-8-9-10-11-20-31-21-23-12-16-25(17-13-23)32-22-24-14-18-26(19-15-24)33-27(28,29)30/h12-19,21H,2-11,20,22H2,1H3. The van der Waals surface area contributed by atoms with Crippen LogP contribution in [0.15, 0.2) is 53.5 Å². The zero-order valence-corrected chi connectivity index (χ0v) is 19.6. The Hall–Kier alpha value is -2.50. The Labute approximate surface area is 196 Å². The average molecular weight is 464 g/mol. The van der Waals surface area contributed by atoms with Gasteiger partial charge in [-0.3, -0.25) is 4.99 Å². The lowest BCUT2D eigenvalue weighted by Gasteiger charge is -2.10. The predicted molar refractivity (Wildman–Crippen MR) is 128 cm³/mol. The molecule has 2 aromatic carbocycles. The molecule has 0 heterocycles. The number of unbranched alkanes of at least 4 members (excludes halogenated alkanes) is 9. The first-order chi connectivity index (χ1) is 16.0. The Morgan fingerprint density at radius 3 is 1.85 bits per heavy atom. The molecule has 2 rings (SSSR count). The lowest BCUT2D eigenvalue weighted by atomic mass is 10.1. The van der Waals surface area contributed by atoms with Crippen LogP contribution in [0.2, 0.25) is 0 Å². The monoisotopic (exact) mass is 463 g/mol. The van der Waals surface area contributed by atoms with E-state index >= 15 is 0 Å². The van der Waals surface area contributed by atoms with Gasteiger partial charge < -0.3 is 9.47 Å². The maximum atomic E-state index is 12.2. The summed E-state index contributed by atoms with van der Waals surface area (Å²) in [6.45, 7) is 3.36. The molecule has 3 nitrogen and oxygen atoms in total. The summed E-state index contributed by atoms with van der Waals surface area (Å²) in [5.74, 6) is 0.449. The van der Waals surface area contributed by atoms with Crippen molar-refractivity contribution < 1.29 is 22.6 Å². The minimum Gasteiger partial charge on any atom is -0.489 e. The van der Waals surface area contributed by atoms with E-state index in [2.05, 4.69) is 16.7 Å². The summed E-state index contributed by atoms with van der Waals surface area (Å²) in [4.78, 5) is 4.51. The summed E-state index contributed by atoms with van der Waals surface area (Å²) < 4.78 is 46.2. The quantitative estimate of drug-likeness (QED) is 0.185. The van der Waals surface area contributed by atoms with Crippen molar-refractivity contribution in [2.75, 3.05) is 6.54 Å². The van der Waals surface area contributed by atoms with Crippen LogP contribution in [0.4, 0.5) is 13.2 Å². The molecule has 33 heavy (non-hydrogen) atoms. The normalized spacial score (nSPS) is 11.8. The molecule has 0 aromatic heterocycles. The molecule has 0 spiro atoms. The molecule has 182 valence electrons. The molecule has 0 aliphatic carbocycles. The van der Waals surface area contributed by atoms with Crippen LogP contribution < -0.4 is 9.47 Å². The fraction of sp³-hybridized carbons (Fsp3) is 0.519. The Balaban J connectivity index is 1.57. The maximum absolute atomic E-state index is 12.2. The Kier molecular flexibility index (Phi) is 12.4. The lowest BCUT2D eigenvalue weighted by Crippen LogP contribution is -2.17. The van der Waals surface area contributed by atoms with Crippen LogP contribution in [-0.4, -0.2) is 19.1 Å². The van der Waals surface area contributed by atoms with Gasteiger partial charge in [0, 0.05) is 12.8 Å². The number of hydrogen-bond acceptors (Lipinski definition) is 3. The molecule has 6 heteroatoms. The molecule has 0 saturated carbocycles. The summed E-state index contributed by atoms with van der Waals surface area (Å²) >= 11 is 0. The van der Waals surface area contributed by atoms with Gasteiger partial charge in [0.25, 0.3) is 0 Å². The summed E-state index contributed by atoms with van der Waals surface area (Å²) in [7, 11) is 0. The van der Waals surface area contributed by atoms with Crippen molar-refractivity contribution >= 4 is 6.21 Å². The van der Waals surface area contributed by atoms with Gasteiger partial charge >= 0.3 is 6.36 Å². The van der Waals surface area contributed by atoms with E-state index in [1.165, 1.54) is 69.9 Å². The van der Waals surface area contributed by atoms with E-state index in [0.29, 0.717) is 5.75 Å². The number of rotatable bonds is 16. The van der Waals surface area contributed by atoms with Crippen molar-refractivity contribution in [3.05, 3.63) is 59.7 Å². The van der Waals surface area contributed by atoms with Crippen molar-refractivity contribution in [2.45, 2.75) is 84.1 Å². The first-order valence-corrected chi connectivity index (χ1v) is 12.0. The van der Waals surface area contributed by atoms with E-state index < -0.39 is 6.36 Å². The molecule has 0 atom stereocenters. The van der Waals surface area contributed by atoms with Gasteiger partial charge in [-0.2, -0.15) is 0 Å². The van der Waals surface area contributed by atoms with Gasteiger partial charge in [0.1, 0.15) is 18.1 Å². The molecule has 0 aliphatic heterocycles. The third-order valence-electron chi connectivity index (χ3n) is 5.32. The predicted octanol–water partition coefficient (Wildman–Crippen LogP) is 8.50. The maximum Gasteiger partial charge on any atom is 0.573 e. The van der Waals surface area contributed by atoms with Gasteiger partial charge in [-0.1, -0.05) is 76.8 Å². The minimum atomic E-state index is -4.68. The second-order valence-corrected chi connectivity index (χ2v) is 8.27. The van der Waals surface area contributed by atoms with Crippen molar-refractivity contribution in [3.63, 3.8) is 0 Å². The van der Waals surface area contributed by atoms with Gasteiger partial charge in [-0.25, -0.2) is 0 Å². The minimum absolute atomic E-state index is 0.243. The van der Waals surface area contributed by atoms with Crippen LogP contribution in [0.25, 0.3) is 0 Å². The lowest BCUT2D eigenvalue weighted by molar-refractivity contribution is -0.274. The van der Waals surface area contributed by atoms with Crippen molar-refractivity contribution in [1.82, 2.24) is 0 Å². The van der Waals surface area contributed by atoms with Gasteiger partial charge in [0.05, 0.1) is 0 Å². The molecule has 0 bridgehead atoms. The highest BCUT2D eigenvalue weighted by Gasteiger charge is 2.30. The molecule has 0 amide bonds. The van der Waals surface area contributed by atoms with Crippen LogP contribution in [-0.2, 0) is 6.61 Å². The van der Waals surface area contributed by atoms with E-state index in [-0.39, 0.29) is 12.4 Å². The Bertz CT molecular complexity index is 787. The molecule has 0 N–H and O–H groups in total. The molecule has 2 aromatic rings. The second-order valence-electron chi connectivity index (χ2n) is 8.27. The molecule has 0 unspecified atom stereocenters. The number of halogens is 3. The number of aliphatic imine (C=N–C) groups is 1. The number of hydrogen-bond donors (Lipinski definition) is 0. The van der Waals surface area contributed by atoms with Crippen molar-refractivity contribution in [2.24, 2.45) is 4.99 Å². The van der Waals surface area contributed by atoms with E-state index in [4.69, 9.17) is 4.74 Å². The molecule has 0 radical (unpaired) electrons. The third kappa shape index (κ3) is 13.0. The summed E-state index contributed by atoms with van der Waals surface area (Å²) in [5, 5.41) is 0. The van der Waals surface area contributed by atoms with Crippen LogP contribution in [0.3, 0.4) is 0 Å². The average Bonchev–Trinajstić information content (AvgIpc) is 2.79. The molecule has 0 saturated heterocycles. The van der Waals surface area contributed by atoms with Crippen LogP contribution in [0.5, 0.6) is 11.5 Å². The van der Waals surface area contributed by atoms with Gasteiger partial charge in [-0.05, 0) is 53.9 Å². The van der Waals surface area contributed by atoms with Crippen LogP contribution in [0, 0.1) is 0 Å².